The van der Waals surface area contributed by atoms with Gasteiger partial charge < -0.3 is 9.15 Å². The van der Waals surface area contributed by atoms with Crippen LogP contribution >= 0.6 is 0 Å². The summed E-state index contributed by atoms with van der Waals surface area (Å²) in [5.74, 6) is 1.24. The van der Waals surface area contributed by atoms with E-state index in [1.807, 2.05) is 37.3 Å². The van der Waals surface area contributed by atoms with Gasteiger partial charge in [-0.25, -0.2) is 0 Å². The Bertz CT molecular complexity index is 1670. The molecule has 0 aliphatic carbocycles. The lowest BCUT2D eigenvalue weighted by molar-refractivity contribution is 0.412. The van der Waals surface area contributed by atoms with Crippen molar-refractivity contribution in [2.75, 3.05) is 7.11 Å². The number of aromatic nitrogens is 5. The van der Waals surface area contributed by atoms with Gasteiger partial charge in [0.2, 0.25) is 11.8 Å². The van der Waals surface area contributed by atoms with Crippen LogP contribution in [0, 0.1) is 6.92 Å². The number of rotatable bonds is 6. The van der Waals surface area contributed by atoms with Crippen molar-refractivity contribution < 1.29 is 22.1 Å². The number of ether oxygens (including phenoxy) is 1. The SMILES string of the molecule is COc1cc2nn(-c3ccc(/C=C/c4nnc(-c5ccccc5)o4)cc3S(=O)(=O)O)nc2cc1C. The molecule has 0 radical (unpaired) electrons. The standard InChI is InChI=1S/C24H19N5O5S/c1-15-12-18-19(14-21(15)33-2)28-29(27-18)20-10-8-16(13-22(20)35(30,31)32)9-11-23-25-26-24(34-23)17-6-4-3-5-7-17/h3-14H,1-2H3,(H,30,31,32)/b11-9+. The third-order valence-electron chi connectivity index (χ3n) is 5.25. The summed E-state index contributed by atoms with van der Waals surface area (Å²) in [5.41, 5.74) is 3.29. The molecule has 11 heteroatoms. The van der Waals surface area contributed by atoms with Crippen LogP contribution in [0.2, 0.25) is 0 Å². The summed E-state index contributed by atoms with van der Waals surface area (Å²) >= 11 is 0. The van der Waals surface area contributed by atoms with E-state index in [9.17, 15) is 13.0 Å². The molecule has 35 heavy (non-hydrogen) atoms. The van der Waals surface area contributed by atoms with Crippen LogP contribution in [-0.2, 0) is 10.1 Å². The zero-order chi connectivity index (χ0) is 24.6. The molecule has 0 saturated heterocycles. The second-order valence-corrected chi connectivity index (χ2v) is 9.04. The maximum Gasteiger partial charge on any atom is 0.296 e. The minimum atomic E-state index is -4.59. The van der Waals surface area contributed by atoms with Crippen LogP contribution in [0.5, 0.6) is 5.75 Å². The number of nitrogens with zero attached hydrogens (tertiary/aromatic N) is 5. The van der Waals surface area contributed by atoms with Crippen LogP contribution in [0.1, 0.15) is 17.0 Å². The molecular formula is C24H19N5O5S. The molecule has 2 aromatic heterocycles. The van der Waals surface area contributed by atoms with Gasteiger partial charge in [-0.2, -0.15) is 8.42 Å². The van der Waals surface area contributed by atoms with Gasteiger partial charge in [-0.1, -0.05) is 24.3 Å². The Morgan fingerprint density at radius 2 is 1.71 bits per heavy atom. The van der Waals surface area contributed by atoms with Crippen LogP contribution in [0.15, 0.2) is 70.0 Å². The van der Waals surface area contributed by atoms with Crippen LogP contribution in [-0.4, -0.2) is 45.3 Å². The van der Waals surface area contributed by atoms with Gasteiger partial charge in [0.15, 0.2) is 0 Å². The number of hydrogen-bond acceptors (Lipinski definition) is 8. The van der Waals surface area contributed by atoms with Crippen molar-refractivity contribution in [2.24, 2.45) is 0 Å². The van der Waals surface area contributed by atoms with Crippen molar-refractivity contribution >= 4 is 33.3 Å². The molecule has 0 aliphatic rings. The van der Waals surface area contributed by atoms with E-state index < -0.39 is 10.1 Å². The first-order valence-electron chi connectivity index (χ1n) is 10.4. The van der Waals surface area contributed by atoms with Gasteiger partial charge in [-0.05, 0) is 54.5 Å². The Morgan fingerprint density at radius 3 is 2.43 bits per heavy atom. The summed E-state index contributed by atoms with van der Waals surface area (Å²) in [6.07, 6.45) is 3.15. The summed E-state index contributed by atoms with van der Waals surface area (Å²) in [6, 6.07) is 17.3. The van der Waals surface area contributed by atoms with Crippen molar-refractivity contribution in [3.05, 3.63) is 77.7 Å². The van der Waals surface area contributed by atoms with Crippen molar-refractivity contribution in [2.45, 2.75) is 11.8 Å². The fourth-order valence-corrected chi connectivity index (χ4v) is 4.25. The Hall–Kier alpha value is -4.35. The van der Waals surface area contributed by atoms with E-state index in [4.69, 9.17) is 9.15 Å². The minimum absolute atomic E-state index is 0.0987. The topological polar surface area (TPSA) is 133 Å². The Labute approximate surface area is 200 Å². The maximum atomic E-state index is 12.2. The van der Waals surface area contributed by atoms with E-state index >= 15 is 0 Å². The van der Waals surface area contributed by atoms with E-state index in [0.29, 0.717) is 28.2 Å². The second kappa shape index (κ2) is 8.78. The van der Waals surface area contributed by atoms with Crippen molar-refractivity contribution in [3.8, 4) is 22.9 Å². The Balaban J connectivity index is 1.49. The van der Waals surface area contributed by atoms with Gasteiger partial charge in [0, 0.05) is 17.7 Å². The monoisotopic (exact) mass is 489 g/mol. The molecule has 5 rings (SSSR count). The molecule has 0 unspecified atom stereocenters. The molecule has 0 aliphatic heterocycles. The van der Waals surface area contributed by atoms with Crippen LogP contribution in [0.25, 0.3) is 40.3 Å². The summed E-state index contributed by atoms with van der Waals surface area (Å²) < 4.78 is 45.2. The largest absolute Gasteiger partial charge is 0.496 e. The highest BCUT2D eigenvalue weighted by Crippen LogP contribution is 2.26. The predicted molar refractivity (Wildman–Crippen MR) is 129 cm³/mol. The molecule has 0 saturated carbocycles. The van der Waals surface area contributed by atoms with Crippen LogP contribution in [0.4, 0.5) is 0 Å². The normalized spacial score (nSPS) is 12.0. The molecule has 1 N–H and O–H groups in total. The molecule has 3 aromatic carbocycles. The van der Waals surface area contributed by atoms with Gasteiger partial charge in [0.25, 0.3) is 10.1 Å². The molecule has 0 amide bonds. The van der Waals surface area contributed by atoms with Gasteiger partial charge >= 0.3 is 0 Å². The molecule has 10 nitrogen and oxygen atoms in total. The Morgan fingerprint density at radius 1 is 0.971 bits per heavy atom. The van der Waals surface area contributed by atoms with Crippen LogP contribution < -0.4 is 4.74 Å². The van der Waals surface area contributed by atoms with E-state index in [0.717, 1.165) is 11.1 Å². The van der Waals surface area contributed by atoms with Gasteiger partial charge in [0.1, 0.15) is 27.4 Å². The predicted octanol–water partition coefficient (Wildman–Crippen LogP) is 4.20. The first-order valence-corrected chi connectivity index (χ1v) is 11.9. The van der Waals surface area contributed by atoms with Crippen molar-refractivity contribution in [1.82, 2.24) is 25.2 Å². The zero-order valence-corrected chi connectivity index (χ0v) is 19.5. The number of benzene rings is 3. The molecule has 0 spiro atoms. The highest BCUT2D eigenvalue weighted by molar-refractivity contribution is 7.86. The fraction of sp³-hybridized carbons (Fsp3) is 0.0833. The molecular weight excluding hydrogens is 470 g/mol. The molecule has 176 valence electrons. The first-order chi connectivity index (χ1) is 16.8. The van der Waals surface area contributed by atoms with Crippen LogP contribution in [0.3, 0.4) is 0 Å². The average molecular weight is 490 g/mol. The van der Waals surface area contributed by atoms with E-state index in [1.165, 1.54) is 16.9 Å². The highest BCUT2D eigenvalue weighted by Gasteiger charge is 2.20. The van der Waals surface area contributed by atoms with E-state index in [2.05, 4.69) is 20.4 Å². The molecule has 0 atom stereocenters. The van der Waals surface area contributed by atoms with E-state index in [-0.39, 0.29) is 16.5 Å². The number of methoxy groups -OCH3 is 1. The second-order valence-electron chi connectivity index (χ2n) is 7.65. The third kappa shape index (κ3) is 4.54. The summed E-state index contributed by atoms with van der Waals surface area (Å²) in [4.78, 5) is 0.823. The lowest BCUT2D eigenvalue weighted by Gasteiger charge is -2.07. The van der Waals surface area contributed by atoms with Crippen molar-refractivity contribution in [1.29, 1.82) is 0 Å². The zero-order valence-electron chi connectivity index (χ0n) is 18.7. The lowest BCUT2D eigenvalue weighted by Crippen LogP contribution is -2.08. The number of aryl methyl sites for hydroxylation is 1. The number of hydrogen-bond donors (Lipinski definition) is 1. The van der Waals surface area contributed by atoms with E-state index in [1.54, 1.807) is 37.5 Å². The maximum absolute atomic E-state index is 12.2. The molecule has 2 heterocycles. The summed E-state index contributed by atoms with van der Waals surface area (Å²) in [7, 11) is -3.03. The first kappa shape index (κ1) is 22.4. The van der Waals surface area contributed by atoms with Gasteiger partial charge in [-0.3, -0.25) is 4.55 Å². The smallest absolute Gasteiger partial charge is 0.296 e. The fourth-order valence-electron chi connectivity index (χ4n) is 3.55. The number of fused-ring (bicyclic) bond motifs is 1. The molecule has 5 aromatic rings. The molecule has 0 bridgehead atoms. The summed E-state index contributed by atoms with van der Waals surface area (Å²) in [5, 5.41) is 16.7. The van der Waals surface area contributed by atoms with Gasteiger partial charge in [0.05, 0.1) is 7.11 Å². The molecule has 0 fully saturated rings. The quantitative estimate of drug-likeness (QED) is 0.348. The highest BCUT2D eigenvalue weighted by atomic mass is 32.2. The summed E-state index contributed by atoms with van der Waals surface area (Å²) in [6.45, 7) is 1.87. The van der Waals surface area contributed by atoms with Gasteiger partial charge in [-0.15, -0.1) is 25.2 Å². The lowest BCUT2D eigenvalue weighted by atomic mass is 10.2. The third-order valence-corrected chi connectivity index (χ3v) is 6.14. The minimum Gasteiger partial charge on any atom is -0.496 e. The Kier molecular flexibility index (Phi) is 5.63. The average Bonchev–Trinajstić information content (AvgIpc) is 3.49. The van der Waals surface area contributed by atoms with Crippen molar-refractivity contribution in [3.63, 3.8) is 0 Å².